The van der Waals surface area contributed by atoms with Gasteiger partial charge in [0.1, 0.15) is 5.82 Å². The molecule has 0 radical (unpaired) electrons. The molecule has 2 aromatic carbocycles. The molecule has 7 nitrogen and oxygen atoms in total. The van der Waals surface area contributed by atoms with Crippen LogP contribution in [0.3, 0.4) is 0 Å². The monoisotopic (exact) mass is 410 g/mol. The lowest BCUT2D eigenvalue weighted by atomic mass is 10.1. The molecular weight excluding hydrogens is 387 g/mol. The first-order valence-electron chi connectivity index (χ1n) is 9.77. The highest BCUT2D eigenvalue weighted by Gasteiger charge is 2.09. The quantitative estimate of drug-likeness (QED) is 0.561. The van der Waals surface area contributed by atoms with Crippen LogP contribution in [0.5, 0.6) is 0 Å². The second-order valence-corrected chi connectivity index (χ2v) is 6.75. The maximum Gasteiger partial charge on any atom is 0.255 e. The zero-order valence-electron chi connectivity index (χ0n) is 16.7. The summed E-state index contributed by atoms with van der Waals surface area (Å²) in [6, 6.07) is 12.6. The van der Waals surface area contributed by atoms with Gasteiger partial charge in [-0.05, 0) is 42.3 Å². The molecule has 0 fully saturated rings. The lowest BCUT2D eigenvalue weighted by Crippen LogP contribution is -2.22. The molecule has 0 aliphatic heterocycles. The molecule has 0 bridgehead atoms. The molecule has 1 heterocycles. The highest BCUT2D eigenvalue weighted by molar-refractivity contribution is 6.04. The summed E-state index contributed by atoms with van der Waals surface area (Å²) >= 11 is 0. The van der Waals surface area contributed by atoms with E-state index >= 15 is 0 Å². The second-order valence-electron chi connectivity index (χ2n) is 6.75. The van der Waals surface area contributed by atoms with Gasteiger partial charge < -0.3 is 15.2 Å². The molecule has 2 N–H and O–H groups in total. The first-order chi connectivity index (χ1) is 14.5. The molecule has 0 aliphatic carbocycles. The summed E-state index contributed by atoms with van der Waals surface area (Å²) in [5.74, 6) is 0.256. The molecule has 0 spiro atoms. The summed E-state index contributed by atoms with van der Waals surface area (Å²) in [4.78, 5) is 28.5. The van der Waals surface area contributed by atoms with Gasteiger partial charge in [0.2, 0.25) is 11.8 Å². The number of nitrogens with one attached hydrogen (secondary N) is 2. The minimum Gasteiger partial charge on any atom is -0.352 e. The zero-order valence-corrected chi connectivity index (χ0v) is 16.7. The fourth-order valence-electron chi connectivity index (χ4n) is 2.82. The van der Waals surface area contributed by atoms with Crippen molar-refractivity contribution in [2.24, 2.45) is 0 Å². The van der Waals surface area contributed by atoms with Gasteiger partial charge >= 0.3 is 0 Å². The van der Waals surface area contributed by atoms with E-state index in [-0.39, 0.29) is 11.5 Å². The molecule has 2 amide bonds. The van der Waals surface area contributed by atoms with Gasteiger partial charge in [0.05, 0.1) is 0 Å². The number of amides is 2. The number of carbonyl (C=O) groups is 2. The van der Waals surface area contributed by atoms with Crippen LogP contribution in [0.4, 0.5) is 10.1 Å². The first-order valence-corrected chi connectivity index (χ1v) is 9.77. The van der Waals surface area contributed by atoms with Crippen molar-refractivity contribution in [1.29, 1.82) is 0 Å². The molecule has 0 saturated carbocycles. The Balaban J connectivity index is 1.45. The average molecular weight is 410 g/mol. The standard InChI is InChI=1S/C22H23FN4O3/c1-2-19-26-21(30-27-19)11-5-10-20(28)24-14-15-6-3-9-18(12-15)25-22(29)16-7-4-8-17(23)13-16/h3-4,6-9,12-13H,2,5,10-11,14H2,1H3,(H,24,28)(H,25,29). The van der Waals surface area contributed by atoms with E-state index in [2.05, 4.69) is 20.8 Å². The lowest BCUT2D eigenvalue weighted by Gasteiger charge is -2.09. The molecule has 30 heavy (non-hydrogen) atoms. The molecule has 1 aromatic heterocycles. The van der Waals surface area contributed by atoms with Gasteiger partial charge in [-0.25, -0.2) is 4.39 Å². The van der Waals surface area contributed by atoms with Crippen LogP contribution in [0.15, 0.2) is 53.1 Å². The van der Waals surface area contributed by atoms with Crippen LogP contribution >= 0.6 is 0 Å². The Morgan fingerprint density at radius 1 is 1.13 bits per heavy atom. The molecule has 0 unspecified atom stereocenters. The topological polar surface area (TPSA) is 97.1 Å². The molecule has 3 aromatic rings. The summed E-state index contributed by atoms with van der Waals surface area (Å²) in [6.45, 7) is 2.28. The van der Waals surface area contributed by atoms with E-state index in [9.17, 15) is 14.0 Å². The van der Waals surface area contributed by atoms with E-state index < -0.39 is 11.7 Å². The Hall–Kier alpha value is -3.55. The lowest BCUT2D eigenvalue weighted by molar-refractivity contribution is -0.121. The van der Waals surface area contributed by atoms with Gasteiger partial charge in [0, 0.05) is 37.1 Å². The third-order valence-electron chi connectivity index (χ3n) is 4.38. The summed E-state index contributed by atoms with van der Waals surface area (Å²) < 4.78 is 18.4. The van der Waals surface area contributed by atoms with Crippen molar-refractivity contribution in [2.45, 2.75) is 39.2 Å². The summed E-state index contributed by atoms with van der Waals surface area (Å²) in [7, 11) is 0. The number of aromatic nitrogens is 2. The van der Waals surface area contributed by atoms with Gasteiger partial charge in [-0.2, -0.15) is 4.98 Å². The predicted octanol–water partition coefficient (Wildman–Crippen LogP) is 3.66. The molecule has 8 heteroatoms. The van der Waals surface area contributed by atoms with Gasteiger partial charge in [-0.1, -0.05) is 30.3 Å². The molecule has 156 valence electrons. The van der Waals surface area contributed by atoms with Gasteiger partial charge in [-0.15, -0.1) is 0 Å². The average Bonchev–Trinajstić information content (AvgIpc) is 3.20. The number of anilines is 1. The minimum absolute atomic E-state index is 0.0839. The number of benzene rings is 2. The van der Waals surface area contributed by atoms with E-state index in [0.29, 0.717) is 49.6 Å². The Kier molecular flexibility index (Phi) is 7.26. The fourth-order valence-corrected chi connectivity index (χ4v) is 2.82. The minimum atomic E-state index is -0.469. The van der Waals surface area contributed by atoms with Crippen LogP contribution in [-0.2, 0) is 24.2 Å². The molecule has 3 rings (SSSR count). The van der Waals surface area contributed by atoms with E-state index in [1.54, 1.807) is 24.3 Å². The number of aryl methyl sites for hydroxylation is 2. The van der Waals surface area contributed by atoms with E-state index in [4.69, 9.17) is 4.52 Å². The van der Waals surface area contributed by atoms with Crippen molar-refractivity contribution in [3.63, 3.8) is 0 Å². The smallest absolute Gasteiger partial charge is 0.255 e. The second kappa shape index (κ2) is 10.3. The largest absolute Gasteiger partial charge is 0.352 e. The van der Waals surface area contributed by atoms with Crippen LogP contribution < -0.4 is 10.6 Å². The number of hydrogen-bond acceptors (Lipinski definition) is 5. The number of hydrogen-bond donors (Lipinski definition) is 2. The highest BCUT2D eigenvalue weighted by Crippen LogP contribution is 2.13. The first kappa shape index (κ1) is 21.2. The van der Waals surface area contributed by atoms with Gasteiger partial charge in [0.15, 0.2) is 5.82 Å². The van der Waals surface area contributed by atoms with E-state index in [1.807, 2.05) is 13.0 Å². The molecule has 0 atom stereocenters. The summed E-state index contributed by atoms with van der Waals surface area (Å²) in [5.41, 5.74) is 1.64. The fraction of sp³-hybridized carbons (Fsp3) is 0.273. The molecular formula is C22H23FN4O3. The van der Waals surface area contributed by atoms with Crippen LogP contribution in [0.25, 0.3) is 0 Å². The molecule has 0 saturated heterocycles. The van der Waals surface area contributed by atoms with Crippen LogP contribution in [0.1, 0.15) is 47.4 Å². The Morgan fingerprint density at radius 2 is 1.97 bits per heavy atom. The summed E-state index contributed by atoms with van der Waals surface area (Å²) in [6.07, 6.45) is 2.23. The number of carbonyl (C=O) groups excluding carboxylic acids is 2. The van der Waals surface area contributed by atoms with Gasteiger partial charge in [-0.3, -0.25) is 9.59 Å². The maximum atomic E-state index is 13.3. The van der Waals surface area contributed by atoms with Crippen molar-refractivity contribution < 1.29 is 18.5 Å². The van der Waals surface area contributed by atoms with Crippen LogP contribution in [-0.4, -0.2) is 22.0 Å². The van der Waals surface area contributed by atoms with Crippen molar-refractivity contribution in [1.82, 2.24) is 15.5 Å². The Labute approximate surface area is 173 Å². The van der Waals surface area contributed by atoms with Crippen LogP contribution in [0.2, 0.25) is 0 Å². The number of halogens is 1. The van der Waals surface area contributed by atoms with Gasteiger partial charge in [0.25, 0.3) is 5.91 Å². The summed E-state index contributed by atoms with van der Waals surface area (Å²) in [5, 5.41) is 9.41. The van der Waals surface area contributed by atoms with Crippen molar-refractivity contribution in [3.8, 4) is 0 Å². The normalized spacial score (nSPS) is 10.6. The maximum absolute atomic E-state index is 13.3. The SMILES string of the molecule is CCc1noc(CCCC(=O)NCc2cccc(NC(=O)c3cccc(F)c3)c2)n1. The Bertz CT molecular complexity index is 1020. The third kappa shape index (κ3) is 6.23. The predicted molar refractivity (Wildman–Crippen MR) is 109 cm³/mol. The van der Waals surface area contributed by atoms with Crippen LogP contribution in [0, 0.1) is 5.82 Å². The number of nitrogens with zero attached hydrogens (tertiary/aromatic N) is 2. The number of rotatable bonds is 9. The zero-order chi connectivity index (χ0) is 21.3. The van der Waals surface area contributed by atoms with E-state index in [0.717, 1.165) is 5.56 Å². The molecule has 0 aliphatic rings. The van der Waals surface area contributed by atoms with E-state index in [1.165, 1.54) is 18.2 Å². The third-order valence-corrected chi connectivity index (χ3v) is 4.38. The van der Waals surface area contributed by atoms with Crippen molar-refractivity contribution in [3.05, 3.63) is 77.2 Å². The Morgan fingerprint density at radius 3 is 2.73 bits per heavy atom. The highest BCUT2D eigenvalue weighted by atomic mass is 19.1. The van der Waals surface area contributed by atoms with Crippen molar-refractivity contribution in [2.75, 3.05) is 5.32 Å². The van der Waals surface area contributed by atoms with Crippen molar-refractivity contribution >= 4 is 17.5 Å².